The number of aromatic hydroxyl groups is 1. The molecule has 0 unspecified atom stereocenters. The number of phenolic OH excluding ortho intramolecular Hbond substituents is 1. The fourth-order valence-corrected chi connectivity index (χ4v) is 2.95. The molecule has 0 fully saturated rings. The molecular formula is C15H24O. The minimum Gasteiger partial charge on any atom is -0.508 e. The number of rotatable bonds is 2. The Morgan fingerprint density at radius 2 is 1.62 bits per heavy atom. The monoisotopic (exact) mass is 220 g/mol. The van der Waals surface area contributed by atoms with Crippen molar-refractivity contribution in [3.8, 4) is 5.75 Å². The highest BCUT2D eigenvalue weighted by Crippen LogP contribution is 2.41. The predicted molar refractivity (Wildman–Crippen MR) is 69.9 cm³/mol. The van der Waals surface area contributed by atoms with Crippen LogP contribution >= 0.6 is 0 Å². The Balaban J connectivity index is 3.16. The summed E-state index contributed by atoms with van der Waals surface area (Å²) in [6, 6.07) is 5.76. The van der Waals surface area contributed by atoms with Gasteiger partial charge >= 0.3 is 0 Å². The van der Waals surface area contributed by atoms with Crippen molar-refractivity contribution in [1.82, 2.24) is 0 Å². The van der Waals surface area contributed by atoms with Crippen molar-refractivity contribution >= 4 is 0 Å². The van der Waals surface area contributed by atoms with Gasteiger partial charge in [-0.1, -0.05) is 46.8 Å². The van der Waals surface area contributed by atoms with Crippen LogP contribution in [0.1, 0.15) is 52.2 Å². The third-order valence-electron chi connectivity index (χ3n) is 2.90. The average molecular weight is 220 g/mol. The highest BCUT2D eigenvalue weighted by Gasteiger charge is 2.30. The number of hydrogen-bond acceptors (Lipinski definition) is 1. The molecule has 0 saturated heterocycles. The molecule has 0 spiro atoms. The zero-order valence-corrected chi connectivity index (χ0v) is 11.4. The van der Waals surface area contributed by atoms with E-state index < -0.39 is 0 Å². The maximum absolute atomic E-state index is 10.0. The molecule has 0 aliphatic heterocycles. The molecular weight excluding hydrogens is 196 g/mol. The fourth-order valence-electron chi connectivity index (χ4n) is 2.95. The summed E-state index contributed by atoms with van der Waals surface area (Å²) in [5.74, 6) is 0.425. The first-order valence-corrected chi connectivity index (χ1v) is 5.92. The Bertz CT molecular complexity index is 349. The zero-order valence-electron chi connectivity index (χ0n) is 11.4. The van der Waals surface area contributed by atoms with Crippen LogP contribution in [0.3, 0.4) is 0 Å². The third kappa shape index (κ3) is 3.01. The lowest BCUT2D eigenvalue weighted by atomic mass is 9.71. The standard InChI is InChI=1S/C15H24O/c1-11-8-7-9-12(16)13(11)15(5,6)10-14(2,3)4/h7-9,16H,10H2,1-6H3. The van der Waals surface area contributed by atoms with Gasteiger partial charge in [-0.2, -0.15) is 0 Å². The molecule has 1 heteroatoms. The molecule has 0 atom stereocenters. The van der Waals surface area contributed by atoms with Gasteiger partial charge in [-0.3, -0.25) is 0 Å². The van der Waals surface area contributed by atoms with Crippen LogP contribution in [0.2, 0.25) is 0 Å². The van der Waals surface area contributed by atoms with E-state index in [4.69, 9.17) is 0 Å². The second kappa shape index (κ2) is 4.12. The summed E-state index contributed by atoms with van der Waals surface area (Å²) < 4.78 is 0. The summed E-state index contributed by atoms with van der Waals surface area (Å²) in [5, 5.41) is 10.0. The topological polar surface area (TPSA) is 20.2 Å². The van der Waals surface area contributed by atoms with Crippen LogP contribution in [-0.4, -0.2) is 5.11 Å². The van der Waals surface area contributed by atoms with Gasteiger partial charge in [0, 0.05) is 5.56 Å². The van der Waals surface area contributed by atoms with E-state index in [1.54, 1.807) is 6.07 Å². The van der Waals surface area contributed by atoms with Crippen molar-refractivity contribution in [3.63, 3.8) is 0 Å². The number of benzene rings is 1. The summed E-state index contributed by atoms with van der Waals surface area (Å²) in [4.78, 5) is 0. The van der Waals surface area contributed by atoms with E-state index in [1.165, 1.54) is 5.56 Å². The lowest BCUT2D eigenvalue weighted by molar-refractivity contribution is 0.278. The minimum atomic E-state index is 0.00762. The van der Waals surface area contributed by atoms with Crippen LogP contribution in [0.15, 0.2) is 18.2 Å². The number of aryl methyl sites for hydroxylation is 1. The van der Waals surface area contributed by atoms with Crippen molar-refractivity contribution < 1.29 is 5.11 Å². The highest BCUT2D eigenvalue weighted by molar-refractivity contribution is 5.43. The first kappa shape index (κ1) is 13.1. The van der Waals surface area contributed by atoms with E-state index in [-0.39, 0.29) is 10.8 Å². The van der Waals surface area contributed by atoms with Gasteiger partial charge in [-0.15, -0.1) is 0 Å². The molecule has 0 bridgehead atoms. The summed E-state index contributed by atoms with van der Waals surface area (Å²) in [6.07, 6.45) is 1.05. The number of hydrogen-bond donors (Lipinski definition) is 1. The van der Waals surface area contributed by atoms with Crippen molar-refractivity contribution in [2.75, 3.05) is 0 Å². The van der Waals surface area contributed by atoms with Crippen LogP contribution in [0, 0.1) is 12.3 Å². The summed E-state index contributed by atoms with van der Waals surface area (Å²) in [7, 11) is 0. The largest absolute Gasteiger partial charge is 0.508 e. The maximum atomic E-state index is 10.0. The van der Waals surface area contributed by atoms with Gasteiger partial charge in [0.05, 0.1) is 0 Å². The molecule has 0 saturated carbocycles. The third-order valence-corrected chi connectivity index (χ3v) is 2.90. The van der Waals surface area contributed by atoms with E-state index >= 15 is 0 Å². The molecule has 0 heterocycles. The van der Waals surface area contributed by atoms with Crippen LogP contribution < -0.4 is 0 Å². The summed E-state index contributed by atoms with van der Waals surface area (Å²) in [6.45, 7) is 13.2. The lowest BCUT2D eigenvalue weighted by Gasteiger charge is -2.34. The van der Waals surface area contributed by atoms with Crippen molar-refractivity contribution in [2.45, 2.75) is 53.4 Å². The van der Waals surface area contributed by atoms with Crippen molar-refractivity contribution in [1.29, 1.82) is 0 Å². The summed E-state index contributed by atoms with van der Waals surface area (Å²) >= 11 is 0. The fraction of sp³-hybridized carbons (Fsp3) is 0.600. The van der Waals surface area contributed by atoms with E-state index in [0.717, 1.165) is 12.0 Å². The van der Waals surface area contributed by atoms with Gasteiger partial charge in [-0.05, 0) is 35.8 Å². The Kier molecular flexibility index (Phi) is 3.37. The van der Waals surface area contributed by atoms with Gasteiger partial charge in [0.2, 0.25) is 0 Å². The lowest BCUT2D eigenvalue weighted by Crippen LogP contribution is -2.25. The normalized spacial score (nSPS) is 12.9. The molecule has 1 aromatic carbocycles. The smallest absolute Gasteiger partial charge is 0.119 e. The van der Waals surface area contributed by atoms with Crippen LogP contribution in [-0.2, 0) is 5.41 Å². The second-order valence-corrected chi connectivity index (χ2v) is 6.59. The molecule has 1 nitrogen and oxygen atoms in total. The molecule has 0 aromatic heterocycles. The Morgan fingerprint density at radius 1 is 1.06 bits per heavy atom. The molecule has 1 rings (SSSR count). The van der Waals surface area contributed by atoms with E-state index in [0.29, 0.717) is 5.75 Å². The minimum absolute atomic E-state index is 0.00762. The molecule has 0 aliphatic rings. The van der Waals surface area contributed by atoms with Crippen LogP contribution in [0.25, 0.3) is 0 Å². The van der Waals surface area contributed by atoms with Crippen LogP contribution in [0.5, 0.6) is 5.75 Å². The van der Waals surface area contributed by atoms with Gasteiger partial charge in [0.15, 0.2) is 0 Å². The molecule has 1 aromatic rings. The Morgan fingerprint density at radius 3 is 2.06 bits per heavy atom. The van der Waals surface area contributed by atoms with Gasteiger partial charge in [0.1, 0.15) is 5.75 Å². The highest BCUT2D eigenvalue weighted by atomic mass is 16.3. The van der Waals surface area contributed by atoms with Crippen LogP contribution in [0.4, 0.5) is 0 Å². The van der Waals surface area contributed by atoms with Gasteiger partial charge in [-0.25, -0.2) is 0 Å². The molecule has 16 heavy (non-hydrogen) atoms. The second-order valence-electron chi connectivity index (χ2n) is 6.59. The molecule has 0 aliphatic carbocycles. The zero-order chi connectivity index (χ0) is 12.6. The van der Waals surface area contributed by atoms with Gasteiger partial charge < -0.3 is 5.11 Å². The first-order valence-electron chi connectivity index (χ1n) is 5.92. The maximum Gasteiger partial charge on any atom is 0.119 e. The van der Waals surface area contributed by atoms with Crippen molar-refractivity contribution in [2.24, 2.45) is 5.41 Å². The van der Waals surface area contributed by atoms with E-state index in [2.05, 4.69) is 47.6 Å². The predicted octanol–water partition coefficient (Wildman–Crippen LogP) is 4.41. The average Bonchev–Trinajstić information content (AvgIpc) is 1.97. The Hall–Kier alpha value is -0.980. The molecule has 0 amide bonds. The van der Waals surface area contributed by atoms with E-state index in [1.807, 2.05) is 6.07 Å². The van der Waals surface area contributed by atoms with Gasteiger partial charge in [0.25, 0.3) is 0 Å². The van der Waals surface area contributed by atoms with E-state index in [9.17, 15) is 5.11 Å². The Labute approximate surface area is 99.5 Å². The molecule has 0 radical (unpaired) electrons. The first-order chi connectivity index (χ1) is 7.13. The molecule has 1 N–H and O–H groups in total. The summed E-state index contributed by atoms with van der Waals surface area (Å²) in [5.41, 5.74) is 2.53. The molecule has 90 valence electrons. The van der Waals surface area contributed by atoms with Crippen molar-refractivity contribution in [3.05, 3.63) is 29.3 Å². The number of phenols is 1. The SMILES string of the molecule is Cc1cccc(O)c1C(C)(C)CC(C)(C)C. The quantitative estimate of drug-likeness (QED) is 0.782.